The number of aryl methyl sites for hydroxylation is 2. The molecular formula is C20H29NO2. The number of aliphatic hydroxyl groups excluding tert-OH is 1. The summed E-state index contributed by atoms with van der Waals surface area (Å²) in [6.45, 7) is 0.841. The second-order valence-electron chi connectivity index (χ2n) is 7.58. The summed E-state index contributed by atoms with van der Waals surface area (Å²) in [7, 11) is 0. The molecule has 1 aromatic rings. The molecule has 1 fully saturated rings. The van der Waals surface area contributed by atoms with Crippen molar-refractivity contribution in [2.24, 2.45) is 0 Å². The van der Waals surface area contributed by atoms with E-state index < -0.39 is 0 Å². The van der Waals surface area contributed by atoms with Crippen LogP contribution >= 0.6 is 0 Å². The van der Waals surface area contributed by atoms with Crippen molar-refractivity contribution in [3.05, 3.63) is 28.8 Å². The number of nitrogens with one attached hydrogen (secondary N) is 1. The van der Waals surface area contributed by atoms with Crippen LogP contribution < -0.4 is 10.1 Å². The van der Waals surface area contributed by atoms with Gasteiger partial charge in [-0.2, -0.15) is 0 Å². The molecule has 23 heavy (non-hydrogen) atoms. The van der Waals surface area contributed by atoms with Gasteiger partial charge in [0, 0.05) is 17.6 Å². The van der Waals surface area contributed by atoms with Gasteiger partial charge < -0.3 is 15.2 Å². The smallest absolute Gasteiger partial charge is 0.124 e. The van der Waals surface area contributed by atoms with Gasteiger partial charge in [-0.15, -0.1) is 0 Å². The number of hydrogen-bond donors (Lipinski definition) is 2. The molecule has 1 atom stereocenters. The molecule has 2 aliphatic carbocycles. The Morgan fingerprint density at radius 2 is 1.65 bits per heavy atom. The van der Waals surface area contributed by atoms with E-state index in [4.69, 9.17) is 4.74 Å². The Bertz CT molecular complexity index is 549. The van der Waals surface area contributed by atoms with Gasteiger partial charge in [0.15, 0.2) is 0 Å². The number of rotatable bonds is 2. The predicted octanol–water partition coefficient (Wildman–Crippen LogP) is 3.67. The number of aliphatic hydroxyl groups is 1. The van der Waals surface area contributed by atoms with Crippen LogP contribution in [0.1, 0.15) is 74.1 Å². The Morgan fingerprint density at radius 3 is 2.43 bits per heavy atom. The SMILES string of the molecule is OC1CCC(NC2CCCOc3cc4c(cc32)CCCC4)CC1. The lowest BCUT2D eigenvalue weighted by molar-refractivity contribution is 0.114. The fraction of sp³-hybridized carbons (Fsp3) is 0.700. The van der Waals surface area contributed by atoms with Gasteiger partial charge >= 0.3 is 0 Å². The summed E-state index contributed by atoms with van der Waals surface area (Å²) in [6, 6.07) is 5.73. The summed E-state index contributed by atoms with van der Waals surface area (Å²) in [6.07, 6.45) is 11.4. The van der Waals surface area contributed by atoms with Crippen LogP contribution in [0.4, 0.5) is 0 Å². The Hall–Kier alpha value is -1.06. The fourth-order valence-electron chi connectivity index (χ4n) is 4.50. The standard InChI is InChI=1S/C20H29NO2/c22-17-9-7-16(8-10-17)21-19-6-3-11-23-20-13-15-5-2-1-4-14(15)12-18(19)20/h12-13,16-17,19,21-22H,1-11H2. The third-order valence-electron chi connectivity index (χ3n) is 5.88. The van der Waals surface area contributed by atoms with E-state index in [1.54, 1.807) is 5.56 Å². The molecule has 4 rings (SSSR count). The van der Waals surface area contributed by atoms with Crippen LogP contribution in [0.25, 0.3) is 0 Å². The van der Waals surface area contributed by atoms with E-state index >= 15 is 0 Å². The summed E-state index contributed by atoms with van der Waals surface area (Å²) in [5.74, 6) is 1.12. The van der Waals surface area contributed by atoms with Gasteiger partial charge in [-0.1, -0.05) is 6.07 Å². The molecule has 3 heteroatoms. The van der Waals surface area contributed by atoms with Gasteiger partial charge in [-0.3, -0.25) is 0 Å². The summed E-state index contributed by atoms with van der Waals surface area (Å²) in [4.78, 5) is 0. The Kier molecular flexibility index (Phi) is 4.59. The highest BCUT2D eigenvalue weighted by Gasteiger charge is 2.27. The number of ether oxygens (including phenoxy) is 1. The van der Waals surface area contributed by atoms with E-state index in [2.05, 4.69) is 17.4 Å². The maximum atomic E-state index is 9.72. The third kappa shape index (κ3) is 3.41. The Balaban J connectivity index is 1.56. The van der Waals surface area contributed by atoms with E-state index in [-0.39, 0.29) is 6.10 Å². The zero-order valence-corrected chi connectivity index (χ0v) is 14.0. The topological polar surface area (TPSA) is 41.5 Å². The molecule has 3 nitrogen and oxygen atoms in total. The minimum Gasteiger partial charge on any atom is -0.493 e. The normalized spacial score (nSPS) is 30.7. The maximum absolute atomic E-state index is 9.72. The molecule has 2 N–H and O–H groups in total. The lowest BCUT2D eigenvalue weighted by Gasteiger charge is -2.31. The van der Waals surface area contributed by atoms with Crippen LogP contribution in [0.2, 0.25) is 0 Å². The zero-order chi connectivity index (χ0) is 15.6. The van der Waals surface area contributed by atoms with E-state index in [0.717, 1.165) is 50.9 Å². The van der Waals surface area contributed by atoms with Crippen LogP contribution in [-0.4, -0.2) is 23.9 Å². The highest BCUT2D eigenvalue weighted by Crippen LogP contribution is 2.37. The monoisotopic (exact) mass is 315 g/mol. The first kappa shape index (κ1) is 15.5. The molecule has 1 aliphatic heterocycles. The predicted molar refractivity (Wildman–Crippen MR) is 92.0 cm³/mol. The Labute approximate surface area is 139 Å². The second-order valence-corrected chi connectivity index (χ2v) is 7.58. The van der Waals surface area contributed by atoms with Crippen molar-refractivity contribution in [1.82, 2.24) is 5.32 Å². The van der Waals surface area contributed by atoms with Gasteiger partial charge in [0.05, 0.1) is 12.7 Å². The molecule has 0 spiro atoms. The molecule has 3 aliphatic rings. The van der Waals surface area contributed by atoms with Crippen LogP contribution in [-0.2, 0) is 12.8 Å². The van der Waals surface area contributed by atoms with E-state index in [0.29, 0.717) is 12.1 Å². The molecular weight excluding hydrogens is 286 g/mol. The quantitative estimate of drug-likeness (QED) is 0.875. The molecule has 126 valence electrons. The summed E-state index contributed by atoms with van der Waals surface area (Å²) < 4.78 is 6.07. The lowest BCUT2D eigenvalue weighted by atomic mass is 9.87. The maximum Gasteiger partial charge on any atom is 0.124 e. The highest BCUT2D eigenvalue weighted by atomic mass is 16.5. The van der Waals surface area contributed by atoms with E-state index in [9.17, 15) is 5.11 Å². The molecule has 0 amide bonds. The van der Waals surface area contributed by atoms with Gasteiger partial charge in [0.25, 0.3) is 0 Å². The van der Waals surface area contributed by atoms with Crippen LogP contribution in [0, 0.1) is 0 Å². The summed E-state index contributed by atoms with van der Waals surface area (Å²) in [5.41, 5.74) is 4.44. The van der Waals surface area contributed by atoms with Crippen molar-refractivity contribution in [3.8, 4) is 5.75 Å². The molecule has 0 radical (unpaired) electrons. The molecule has 0 saturated heterocycles. The summed E-state index contributed by atoms with van der Waals surface area (Å²) in [5, 5.41) is 13.6. The van der Waals surface area contributed by atoms with Gasteiger partial charge in [0.2, 0.25) is 0 Å². The molecule has 1 unspecified atom stereocenters. The number of fused-ring (bicyclic) bond motifs is 2. The molecule has 1 heterocycles. The van der Waals surface area contributed by atoms with Gasteiger partial charge in [-0.25, -0.2) is 0 Å². The molecule has 1 saturated carbocycles. The lowest BCUT2D eigenvalue weighted by Crippen LogP contribution is -2.37. The van der Waals surface area contributed by atoms with E-state index in [1.807, 2.05) is 0 Å². The molecule has 0 aromatic heterocycles. The van der Waals surface area contributed by atoms with Crippen molar-refractivity contribution in [1.29, 1.82) is 0 Å². The van der Waals surface area contributed by atoms with Crippen molar-refractivity contribution in [2.45, 2.75) is 82.4 Å². The first-order valence-electron chi connectivity index (χ1n) is 9.52. The minimum atomic E-state index is -0.0789. The first-order valence-corrected chi connectivity index (χ1v) is 9.52. The van der Waals surface area contributed by atoms with Gasteiger partial charge in [-0.05, 0) is 81.4 Å². The van der Waals surface area contributed by atoms with Crippen molar-refractivity contribution < 1.29 is 9.84 Å². The van der Waals surface area contributed by atoms with E-state index in [1.165, 1.54) is 36.8 Å². The van der Waals surface area contributed by atoms with Crippen molar-refractivity contribution in [3.63, 3.8) is 0 Å². The number of hydrogen-bond acceptors (Lipinski definition) is 3. The van der Waals surface area contributed by atoms with Crippen LogP contribution in [0.3, 0.4) is 0 Å². The first-order chi connectivity index (χ1) is 11.3. The Morgan fingerprint density at radius 1 is 0.913 bits per heavy atom. The van der Waals surface area contributed by atoms with Crippen LogP contribution in [0.5, 0.6) is 5.75 Å². The third-order valence-corrected chi connectivity index (χ3v) is 5.88. The molecule has 1 aromatic carbocycles. The largest absolute Gasteiger partial charge is 0.493 e. The van der Waals surface area contributed by atoms with Crippen LogP contribution in [0.15, 0.2) is 12.1 Å². The average molecular weight is 315 g/mol. The van der Waals surface area contributed by atoms with Gasteiger partial charge in [0.1, 0.15) is 5.75 Å². The summed E-state index contributed by atoms with van der Waals surface area (Å²) >= 11 is 0. The fourth-order valence-corrected chi connectivity index (χ4v) is 4.50. The zero-order valence-electron chi connectivity index (χ0n) is 14.0. The number of benzene rings is 1. The molecule has 0 bridgehead atoms. The highest BCUT2D eigenvalue weighted by molar-refractivity contribution is 5.46. The average Bonchev–Trinajstić information content (AvgIpc) is 2.77. The van der Waals surface area contributed by atoms with Crippen molar-refractivity contribution in [2.75, 3.05) is 6.61 Å². The minimum absolute atomic E-state index is 0.0789. The second kappa shape index (κ2) is 6.82. The van der Waals surface area contributed by atoms with Crippen molar-refractivity contribution >= 4 is 0 Å².